The number of hydrogen-bond acceptors (Lipinski definition) is 6. The van der Waals surface area contributed by atoms with E-state index in [1.54, 1.807) is 12.1 Å². The second-order valence-corrected chi connectivity index (χ2v) is 7.28. The summed E-state index contributed by atoms with van der Waals surface area (Å²) in [5.41, 5.74) is 11.7. The maximum absolute atomic E-state index is 13.2. The van der Waals surface area contributed by atoms with Gasteiger partial charge in [-0.25, -0.2) is 19.7 Å². The summed E-state index contributed by atoms with van der Waals surface area (Å²) >= 11 is 1.28. The zero-order chi connectivity index (χ0) is 19.2. The molecule has 26 heavy (non-hydrogen) atoms. The first kappa shape index (κ1) is 20.4. The van der Waals surface area contributed by atoms with Crippen molar-refractivity contribution in [2.24, 2.45) is 28.3 Å². The molecular weight excluding hydrogens is 362 g/mol. The number of hydrogen-bond donors (Lipinski definition) is 4. The number of rotatable bonds is 8. The summed E-state index contributed by atoms with van der Waals surface area (Å²) < 4.78 is 29.2. The summed E-state index contributed by atoms with van der Waals surface area (Å²) in [6, 6.07) is 7.20. The Morgan fingerprint density at radius 2 is 1.88 bits per heavy atom. The maximum atomic E-state index is 13.2. The van der Waals surface area contributed by atoms with Crippen molar-refractivity contribution in [2.45, 2.75) is 36.5 Å². The molecule has 1 aliphatic rings. The predicted octanol–water partition coefficient (Wildman–Crippen LogP) is 1.39. The van der Waals surface area contributed by atoms with Gasteiger partial charge < -0.3 is 11.5 Å². The van der Waals surface area contributed by atoms with Crippen molar-refractivity contribution in [1.29, 1.82) is 0 Å². The van der Waals surface area contributed by atoms with Crippen LogP contribution in [0.15, 0.2) is 34.3 Å². The molecule has 0 spiro atoms. The van der Waals surface area contributed by atoms with Crippen molar-refractivity contribution in [3.05, 3.63) is 29.8 Å². The lowest BCUT2D eigenvalue weighted by atomic mass is 9.87. The summed E-state index contributed by atoms with van der Waals surface area (Å²) in [6.07, 6.45) is 0.655. The molecule has 1 aromatic rings. The number of nitrogens with one attached hydrogen (secondary N) is 1. The van der Waals surface area contributed by atoms with Crippen LogP contribution in [0.25, 0.3) is 0 Å². The van der Waals surface area contributed by atoms with E-state index in [1.165, 1.54) is 17.1 Å². The van der Waals surface area contributed by atoms with Gasteiger partial charge in [-0.2, -0.15) is 0 Å². The summed E-state index contributed by atoms with van der Waals surface area (Å²) in [7, 11) is 0. The first-order valence-electron chi connectivity index (χ1n) is 8.28. The van der Waals surface area contributed by atoms with Crippen LogP contribution in [0.2, 0.25) is 0 Å². The maximum Gasteiger partial charge on any atom is 0.248 e. The molecular formula is C16H24F2N6OS. The lowest BCUT2D eigenvalue weighted by molar-refractivity contribution is -0.116. The number of hydrazine groups is 1. The van der Waals surface area contributed by atoms with Gasteiger partial charge >= 0.3 is 0 Å². The van der Waals surface area contributed by atoms with Crippen molar-refractivity contribution in [2.75, 3.05) is 13.1 Å². The normalized spacial score (nSPS) is 17.9. The molecule has 0 aromatic heterocycles. The van der Waals surface area contributed by atoms with Crippen LogP contribution in [-0.4, -0.2) is 35.9 Å². The first-order valence-corrected chi connectivity index (χ1v) is 9.09. The molecule has 10 heteroatoms. The van der Waals surface area contributed by atoms with Crippen molar-refractivity contribution in [3.63, 3.8) is 0 Å². The van der Waals surface area contributed by atoms with Gasteiger partial charge in [-0.05, 0) is 42.8 Å². The standard InChI is InChI=1S/C16H24F2N6OS/c17-16(18)7-5-11(6-8-16)10-24(21)23-15(20)12-1-3-13(4-2-12)26-22-9-14(19)25/h1-4,11,22H,5-10,21H2,(H2,19,25)(H2,20,23). The molecule has 2 rings (SSSR count). The Hall–Kier alpha value is -1.91. The fourth-order valence-electron chi connectivity index (χ4n) is 2.67. The van der Waals surface area contributed by atoms with Gasteiger partial charge in [-0.1, -0.05) is 12.1 Å². The van der Waals surface area contributed by atoms with Crippen LogP contribution in [0.3, 0.4) is 0 Å². The van der Waals surface area contributed by atoms with E-state index in [-0.39, 0.29) is 31.1 Å². The van der Waals surface area contributed by atoms with E-state index in [4.69, 9.17) is 17.3 Å². The van der Waals surface area contributed by atoms with Gasteiger partial charge in [0.1, 0.15) is 0 Å². The van der Waals surface area contributed by atoms with Crippen LogP contribution < -0.4 is 22.0 Å². The van der Waals surface area contributed by atoms with E-state index in [1.807, 2.05) is 12.1 Å². The van der Waals surface area contributed by atoms with Crippen LogP contribution in [0.4, 0.5) is 8.78 Å². The molecule has 144 valence electrons. The summed E-state index contributed by atoms with van der Waals surface area (Å²) in [5, 5.41) is 5.35. The zero-order valence-corrected chi connectivity index (χ0v) is 15.1. The molecule has 0 bridgehead atoms. The Bertz CT molecular complexity index is 630. The highest BCUT2D eigenvalue weighted by Crippen LogP contribution is 2.36. The zero-order valence-electron chi connectivity index (χ0n) is 14.3. The largest absolute Gasteiger partial charge is 0.382 e. The van der Waals surface area contributed by atoms with Gasteiger partial charge in [-0.15, -0.1) is 5.10 Å². The number of nitrogens with two attached hydrogens (primary N) is 3. The minimum atomic E-state index is -2.55. The number of amides is 1. The molecule has 0 atom stereocenters. The van der Waals surface area contributed by atoms with Crippen molar-refractivity contribution in [1.82, 2.24) is 9.84 Å². The average molecular weight is 386 g/mol. The van der Waals surface area contributed by atoms with Gasteiger partial charge in [0.15, 0.2) is 5.84 Å². The fourth-order valence-corrected chi connectivity index (χ4v) is 3.32. The molecule has 1 aromatic carbocycles. The minimum absolute atomic E-state index is 0.0747. The van der Waals surface area contributed by atoms with Gasteiger partial charge in [0.2, 0.25) is 11.8 Å². The summed E-state index contributed by atoms with van der Waals surface area (Å²) in [5.74, 6) is 3.20. The highest BCUT2D eigenvalue weighted by molar-refractivity contribution is 7.97. The van der Waals surface area contributed by atoms with Gasteiger partial charge in [0.25, 0.3) is 0 Å². The number of amidine groups is 1. The number of hydrazone groups is 1. The molecule has 1 saturated carbocycles. The molecule has 1 amide bonds. The average Bonchev–Trinajstić information content (AvgIpc) is 2.57. The molecule has 7 nitrogen and oxygen atoms in total. The van der Waals surface area contributed by atoms with E-state index in [2.05, 4.69) is 9.82 Å². The second-order valence-electron chi connectivity index (χ2n) is 6.32. The van der Waals surface area contributed by atoms with Gasteiger partial charge in [0.05, 0.1) is 13.1 Å². The van der Waals surface area contributed by atoms with Crippen LogP contribution >= 0.6 is 11.9 Å². The fraction of sp³-hybridized carbons (Fsp3) is 0.500. The summed E-state index contributed by atoms with van der Waals surface area (Å²) in [6.45, 7) is 0.465. The minimum Gasteiger partial charge on any atom is -0.382 e. The number of halogens is 2. The van der Waals surface area contributed by atoms with E-state index < -0.39 is 11.8 Å². The van der Waals surface area contributed by atoms with E-state index >= 15 is 0 Å². The number of carbonyl (C=O) groups is 1. The third kappa shape index (κ3) is 6.77. The molecule has 1 aliphatic carbocycles. The third-order valence-corrected chi connectivity index (χ3v) is 4.90. The van der Waals surface area contributed by atoms with Crippen LogP contribution in [-0.2, 0) is 4.79 Å². The Morgan fingerprint density at radius 1 is 1.27 bits per heavy atom. The predicted molar refractivity (Wildman–Crippen MR) is 98.0 cm³/mol. The van der Waals surface area contributed by atoms with E-state index in [0.29, 0.717) is 24.9 Å². The topological polar surface area (TPSA) is 123 Å². The monoisotopic (exact) mass is 386 g/mol. The highest BCUT2D eigenvalue weighted by Gasteiger charge is 2.35. The van der Waals surface area contributed by atoms with Crippen molar-refractivity contribution in [3.8, 4) is 0 Å². The number of benzene rings is 1. The Kier molecular flexibility index (Phi) is 7.18. The Morgan fingerprint density at radius 3 is 2.46 bits per heavy atom. The third-order valence-electron chi connectivity index (χ3n) is 4.10. The smallest absolute Gasteiger partial charge is 0.248 e. The second kappa shape index (κ2) is 9.15. The molecule has 0 heterocycles. The Balaban J connectivity index is 1.84. The lowest BCUT2D eigenvalue weighted by Crippen LogP contribution is -2.36. The molecule has 0 saturated heterocycles. The quantitative estimate of drug-likeness (QED) is 0.176. The molecule has 7 N–H and O–H groups in total. The van der Waals surface area contributed by atoms with Gasteiger partial charge in [-0.3, -0.25) is 9.52 Å². The molecule has 0 unspecified atom stereocenters. The van der Waals surface area contributed by atoms with Gasteiger partial charge in [0, 0.05) is 23.3 Å². The van der Waals surface area contributed by atoms with Crippen LogP contribution in [0.1, 0.15) is 31.2 Å². The van der Waals surface area contributed by atoms with E-state index in [9.17, 15) is 13.6 Å². The number of primary amides is 1. The molecule has 0 radical (unpaired) electrons. The molecule has 0 aliphatic heterocycles. The number of alkyl halides is 2. The van der Waals surface area contributed by atoms with Crippen LogP contribution in [0.5, 0.6) is 0 Å². The van der Waals surface area contributed by atoms with E-state index in [0.717, 1.165) is 4.90 Å². The molecule has 1 fully saturated rings. The Labute approximate surface area is 155 Å². The van der Waals surface area contributed by atoms with Crippen molar-refractivity contribution >= 4 is 23.7 Å². The number of carbonyl (C=O) groups excluding carboxylic acids is 1. The van der Waals surface area contributed by atoms with Crippen molar-refractivity contribution < 1.29 is 13.6 Å². The SMILES string of the molecule is NC(=O)CNSc1ccc(/C(N)=N/N(N)CC2CCC(F)(F)CC2)cc1. The highest BCUT2D eigenvalue weighted by atomic mass is 32.2. The van der Waals surface area contributed by atoms with Crippen LogP contribution in [0, 0.1) is 5.92 Å². The number of nitrogens with zero attached hydrogens (tertiary/aromatic N) is 2. The lowest BCUT2D eigenvalue weighted by Gasteiger charge is -2.29. The summed E-state index contributed by atoms with van der Waals surface area (Å²) in [4.78, 5) is 11.6. The first-order chi connectivity index (χ1) is 12.2.